The number of nitrogens with one attached hydrogen (secondary N) is 1. The van der Waals surface area contributed by atoms with Crippen molar-refractivity contribution in [2.75, 3.05) is 6.54 Å². The van der Waals surface area contributed by atoms with Gasteiger partial charge in [0.05, 0.1) is 12.2 Å². The highest BCUT2D eigenvalue weighted by atomic mass is 16.5. The van der Waals surface area contributed by atoms with Crippen molar-refractivity contribution < 1.29 is 14.3 Å². The highest BCUT2D eigenvalue weighted by Crippen LogP contribution is 2.18. The smallest absolute Gasteiger partial charge is 0.153 e. The third-order valence-corrected chi connectivity index (χ3v) is 4.48. The molecule has 0 spiro atoms. The third kappa shape index (κ3) is 6.55. The molecule has 0 aromatic heterocycles. The van der Waals surface area contributed by atoms with Crippen LogP contribution in [-0.4, -0.2) is 36.6 Å². The highest BCUT2D eigenvalue weighted by molar-refractivity contribution is 6.02. The van der Waals surface area contributed by atoms with E-state index in [9.17, 15) is 9.59 Å². The Morgan fingerprint density at radius 1 is 1.41 bits per heavy atom. The molecule has 27 heavy (non-hydrogen) atoms. The first-order valence-electron chi connectivity index (χ1n) is 9.51. The van der Waals surface area contributed by atoms with Crippen LogP contribution < -0.4 is 15.8 Å². The van der Waals surface area contributed by atoms with Gasteiger partial charge in [0.25, 0.3) is 0 Å². The molecule has 1 heterocycles. The fraction of sp³-hybridized carbons (Fsp3) is 0.476. The molecule has 1 aromatic rings. The maximum atomic E-state index is 11.5. The quantitative estimate of drug-likeness (QED) is 0.583. The fourth-order valence-corrected chi connectivity index (χ4v) is 2.84. The summed E-state index contributed by atoms with van der Waals surface area (Å²) in [6.45, 7) is 4.09. The topological polar surface area (TPSA) is 93.8 Å². The Labute approximate surface area is 160 Å². The Bertz CT molecular complexity index is 695. The standard InChI is InChI=1S/C21H29N3O3/c1-3-4-7-18(13-19(22)21-23-14-20(24-21)15(2)26)27-17-10-8-16(9-11-17)6-5-12-25/h8-13,18,20H,3-7,14,22H2,1-2H3,(H,23,24)/b19-13-. The number of nitrogens with two attached hydrogens (primary N) is 1. The lowest BCUT2D eigenvalue weighted by Gasteiger charge is -2.17. The summed E-state index contributed by atoms with van der Waals surface area (Å²) in [5.74, 6) is 1.37. The summed E-state index contributed by atoms with van der Waals surface area (Å²) in [7, 11) is 0. The van der Waals surface area contributed by atoms with E-state index in [4.69, 9.17) is 10.5 Å². The Kier molecular flexibility index (Phi) is 8.04. The van der Waals surface area contributed by atoms with Crippen LogP contribution in [0.5, 0.6) is 5.75 Å². The lowest BCUT2D eigenvalue weighted by Crippen LogP contribution is -2.38. The second-order valence-electron chi connectivity index (χ2n) is 6.77. The normalized spacial score (nSPS) is 17.8. The minimum atomic E-state index is -0.291. The fourth-order valence-electron chi connectivity index (χ4n) is 2.84. The van der Waals surface area contributed by atoms with E-state index in [1.54, 1.807) is 6.92 Å². The predicted molar refractivity (Wildman–Crippen MR) is 107 cm³/mol. The van der Waals surface area contributed by atoms with Gasteiger partial charge in [-0.2, -0.15) is 0 Å². The summed E-state index contributed by atoms with van der Waals surface area (Å²) < 4.78 is 6.10. The molecule has 146 valence electrons. The number of carbonyl (C=O) groups excluding carboxylic acids is 2. The van der Waals surface area contributed by atoms with Crippen molar-refractivity contribution in [1.82, 2.24) is 5.32 Å². The molecule has 3 N–H and O–H groups in total. The number of ketones is 1. The zero-order valence-corrected chi connectivity index (χ0v) is 16.1. The molecule has 2 rings (SSSR count). The first kappa shape index (κ1) is 20.7. The summed E-state index contributed by atoms with van der Waals surface area (Å²) in [6, 6.07) is 7.49. The molecule has 6 heteroatoms. The predicted octanol–water partition coefficient (Wildman–Crippen LogP) is 2.56. The monoisotopic (exact) mass is 371 g/mol. The number of aldehydes is 1. The number of aryl methyl sites for hydroxylation is 1. The molecular formula is C21H29N3O3. The number of ether oxygens (including phenoxy) is 1. The number of unbranched alkanes of at least 4 members (excludes halogenated alkanes) is 1. The van der Waals surface area contributed by atoms with Crippen LogP contribution in [0.1, 0.15) is 45.1 Å². The summed E-state index contributed by atoms with van der Waals surface area (Å²) in [4.78, 5) is 26.3. The van der Waals surface area contributed by atoms with Crippen LogP contribution >= 0.6 is 0 Å². The number of rotatable bonds is 11. The number of hydrogen-bond donors (Lipinski definition) is 2. The van der Waals surface area contributed by atoms with Crippen molar-refractivity contribution in [3.05, 3.63) is 41.6 Å². The van der Waals surface area contributed by atoms with Crippen LogP contribution in [0.15, 0.2) is 41.0 Å². The molecule has 0 bridgehead atoms. The van der Waals surface area contributed by atoms with Crippen molar-refractivity contribution in [3.8, 4) is 5.75 Å². The van der Waals surface area contributed by atoms with Gasteiger partial charge >= 0.3 is 0 Å². The molecule has 1 aliphatic rings. The summed E-state index contributed by atoms with van der Waals surface area (Å²) >= 11 is 0. The van der Waals surface area contributed by atoms with Crippen molar-refractivity contribution in [3.63, 3.8) is 0 Å². The van der Waals surface area contributed by atoms with Crippen molar-refractivity contribution >= 4 is 17.9 Å². The lowest BCUT2D eigenvalue weighted by atomic mass is 10.1. The van der Waals surface area contributed by atoms with Gasteiger partial charge in [0.2, 0.25) is 0 Å². The van der Waals surface area contributed by atoms with Gasteiger partial charge in [-0.3, -0.25) is 9.79 Å². The van der Waals surface area contributed by atoms with Crippen LogP contribution in [0.25, 0.3) is 0 Å². The molecule has 0 saturated heterocycles. The van der Waals surface area contributed by atoms with Gasteiger partial charge in [-0.05, 0) is 50.0 Å². The lowest BCUT2D eigenvalue weighted by molar-refractivity contribution is -0.118. The molecule has 0 radical (unpaired) electrons. The average molecular weight is 371 g/mol. The van der Waals surface area contributed by atoms with Crippen LogP contribution in [-0.2, 0) is 16.0 Å². The molecule has 2 atom stereocenters. The van der Waals surface area contributed by atoms with E-state index in [1.165, 1.54) is 0 Å². The Morgan fingerprint density at radius 3 is 2.74 bits per heavy atom. The van der Waals surface area contributed by atoms with Crippen LogP contribution in [0.3, 0.4) is 0 Å². The number of Topliss-reactive ketones (excluding diaryl/α,β-unsaturated/α-hetero) is 1. The molecular weight excluding hydrogens is 342 g/mol. The average Bonchev–Trinajstić information content (AvgIpc) is 3.16. The van der Waals surface area contributed by atoms with Gasteiger partial charge in [-0.25, -0.2) is 0 Å². The van der Waals surface area contributed by atoms with E-state index in [2.05, 4.69) is 17.2 Å². The van der Waals surface area contributed by atoms with Gasteiger partial charge in [0, 0.05) is 6.42 Å². The molecule has 0 aliphatic carbocycles. The van der Waals surface area contributed by atoms with E-state index in [1.807, 2.05) is 30.3 Å². The second-order valence-corrected chi connectivity index (χ2v) is 6.77. The van der Waals surface area contributed by atoms with Crippen LogP contribution in [0.4, 0.5) is 0 Å². The zero-order valence-electron chi connectivity index (χ0n) is 16.1. The Hall–Kier alpha value is -2.63. The molecule has 0 amide bonds. The number of hydrogen-bond acceptors (Lipinski definition) is 6. The highest BCUT2D eigenvalue weighted by Gasteiger charge is 2.23. The molecule has 0 saturated carbocycles. The van der Waals surface area contributed by atoms with Gasteiger partial charge in [0.1, 0.15) is 30.0 Å². The Balaban J connectivity index is 2.03. The van der Waals surface area contributed by atoms with Crippen LogP contribution in [0, 0.1) is 0 Å². The number of aliphatic imine (C=N–C) groups is 1. The molecule has 1 aliphatic heterocycles. The van der Waals surface area contributed by atoms with E-state index in [-0.39, 0.29) is 17.9 Å². The Morgan fingerprint density at radius 2 is 2.15 bits per heavy atom. The second kappa shape index (κ2) is 10.5. The van der Waals surface area contributed by atoms with E-state index in [0.29, 0.717) is 24.5 Å². The molecule has 1 aromatic carbocycles. The first-order chi connectivity index (χ1) is 13.0. The van der Waals surface area contributed by atoms with Gasteiger partial charge in [-0.1, -0.05) is 25.5 Å². The minimum absolute atomic E-state index is 0.0509. The van der Waals surface area contributed by atoms with Crippen molar-refractivity contribution in [1.29, 1.82) is 0 Å². The van der Waals surface area contributed by atoms with Crippen LogP contribution in [0.2, 0.25) is 0 Å². The number of amidine groups is 1. The number of nitrogens with zero attached hydrogens (tertiary/aromatic N) is 1. The summed E-state index contributed by atoms with van der Waals surface area (Å²) in [5, 5.41) is 3.07. The van der Waals surface area contributed by atoms with Gasteiger partial charge in [-0.15, -0.1) is 0 Å². The SMILES string of the molecule is CCCCC(/C=C(\N)C1=NCC(C(C)=O)N1)Oc1ccc(CCC=O)cc1. The van der Waals surface area contributed by atoms with E-state index in [0.717, 1.165) is 43.3 Å². The zero-order chi connectivity index (χ0) is 19.6. The number of carbonyl (C=O) groups is 2. The first-order valence-corrected chi connectivity index (χ1v) is 9.51. The summed E-state index contributed by atoms with van der Waals surface area (Å²) in [5.41, 5.74) is 7.80. The summed E-state index contributed by atoms with van der Waals surface area (Å²) in [6.07, 6.45) is 6.79. The molecule has 0 fully saturated rings. The van der Waals surface area contributed by atoms with Gasteiger partial charge in [0.15, 0.2) is 5.78 Å². The van der Waals surface area contributed by atoms with Gasteiger partial charge < -0.3 is 20.6 Å². The third-order valence-electron chi connectivity index (χ3n) is 4.48. The van der Waals surface area contributed by atoms with Crippen molar-refractivity contribution in [2.24, 2.45) is 10.7 Å². The number of benzene rings is 1. The van der Waals surface area contributed by atoms with E-state index < -0.39 is 0 Å². The van der Waals surface area contributed by atoms with E-state index >= 15 is 0 Å². The maximum absolute atomic E-state index is 11.5. The molecule has 2 unspecified atom stereocenters. The van der Waals surface area contributed by atoms with Crippen molar-refractivity contribution in [2.45, 2.75) is 58.1 Å². The minimum Gasteiger partial charge on any atom is -0.486 e. The molecule has 6 nitrogen and oxygen atoms in total. The maximum Gasteiger partial charge on any atom is 0.153 e. The largest absolute Gasteiger partial charge is 0.486 e.